The smallest absolute Gasteiger partial charge is 0.298 e. The van der Waals surface area contributed by atoms with E-state index in [0.29, 0.717) is 12.1 Å². The van der Waals surface area contributed by atoms with Crippen molar-refractivity contribution in [3.05, 3.63) is 24.3 Å². The second kappa shape index (κ2) is 4.37. The van der Waals surface area contributed by atoms with Crippen molar-refractivity contribution < 1.29 is 9.15 Å². The summed E-state index contributed by atoms with van der Waals surface area (Å²) in [4.78, 5) is 6.65. The lowest BCUT2D eigenvalue weighted by Gasteiger charge is -2.29. The minimum absolute atomic E-state index is 0.379. The lowest BCUT2D eigenvalue weighted by molar-refractivity contribution is 0.0811. The van der Waals surface area contributed by atoms with Gasteiger partial charge in [-0.2, -0.15) is 4.98 Å². The summed E-state index contributed by atoms with van der Waals surface area (Å²) >= 11 is 0. The first-order chi connectivity index (χ1) is 8.36. The van der Waals surface area contributed by atoms with Crippen molar-refractivity contribution in [3.63, 3.8) is 0 Å². The molecule has 1 aliphatic rings. The van der Waals surface area contributed by atoms with Crippen LogP contribution in [0.3, 0.4) is 0 Å². The SMILES string of the molecule is COC1CCN(c2nc3c[c]ccc3o2)CC1. The molecule has 0 aliphatic carbocycles. The van der Waals surface area contributed by atoms with E-state index in [0.717, 1.165) is 37.0 Å². The highest BCUT2D eigenvalue weighted by atomic mass is 16.5. The zero-order valence-electron chi connectivity index (χ0n) is 9.85. The molecule has 1 radical (unpaired) electrons. The molecule has 2 heterocycles. The normalized spacial score (nSPS) is 17.8. The van der Waals surface area contributed by atoms with Crippen LogP contribution in [0.25, 0.3) is 11.1 Å². The first-order valence-corrected chi connectivity index (χ1v) is 5.91. The summed E-state index contributed by atoms with van der Waals surface area (Å²) in [5.41, 5.74) is 1.70. The maximum absolute atomic E-state index is 5.73. The molecule has 1 fully saturated rings. The quantitative estimate of drug-likeness (QED) is 0.794. The van der Waals surface area contributed by atoms with Crippen molar-refractivity contribution in [2.75, 3.05) is 25.1 Å². The third kappa shape index (κ3) is 2.00. The monoisotopic (exact) mass is 231 g/mol. The van der Waals surface area contributed by atoms with Crippen LogP contribution in [-0.2, 0) is 4.74 Å². The van der Waals surface area contributed by atoms with Crippen LogP contribution in [-0.4, -0.2) is 31.3 Å². The van der Waals surface area contributed by atoms with E-state index in [2.05, 4.69) is 16.0 Å². The molecule has 0 unspecified atom stereocenters. The van der Waals surface area contributed by atoms with Gasteiger partial charge in [-0.3, -0.25) is 0 Å². The van der Waals surface area contributed by atoms with Crippen LogP contribution in [0.4, 0.5) is 6.01 Å². The van der Waals surface area contributed by atoms with E-state index >= 15 is 0 Å². The number of rotatable bonds is 2. The Morgan fingerprint density at radius 1 is 1.47 bits per heavy atom. The molecule has 2 aromatic rings. The number of aromatic nitrogens is 1. The number of piperidine rings is 1. The van der Waals surface area contributed by atoms with Crippen LogP contribution >= 0.6 is 0 Å². The summed E-state index contributed by atoms with van der Waals surface area (Å²) in [6.07, 6.45) is 2.44. The second-order valence-electron chi connectivity index (χ2n) is 4.31. The summed E-state index contributed by atoms with van der Waals surface area (Å²) in [6.45, 7) is 1.88. The van der Waals surface area contributed by atoms with Gasteiger partial charge in [0, 0.05) is 20.2 Å². The third-order valence-corrected chi connectivity index (χ3v) is 3.27. The standard InChI is InChI=1S/C13H15N2O2/c1-16-10-6-8-15(9-7-10)13-14-11-4-2-3-5-12(11)17-13/h3-5,10H,6-9H2,1H3. The zero-order chi connectivity index (χ0) is 11.7. The van der Waals surface area contributed by atoms with E-state index in [4.69, 9.17) is 9.15 Å². The molecule has 0 saturated carbocycles. The minimum Gasteiger partial charge on any atom is -0.423 e. The molecule has 0 bridgehead atoms. The van der Waals surface area contributed by atoms with Gasteiger partial charge in [-0.05, 0) is 31.0 Å². The van der Waals surface area contributed by atoms with Crippen molar-refractivity contribution in [1.29, 1.82) is 0 Å². The Morgan fingerprint density at radius 3 is 3.00 bits per heavy atom. The highest BCUT2D eigenvalue weighted by Gasteiger charge is 2.22. The average Bonchev–Trinajstić information content (AvgIpc) is 2.82. The topological polar surface area (TPSA) is 38.5 Å². The van der Waals surface area contributed by atoms with Gasteiger partial charge < -0.3 is 14.1 Å². The van der Waals surface area contributed by atoms with Crippen molar-refractivity contribution in [2.45, 2.75) is 18.9 Å². The summed E-state index contributed by atoms with van der Waals surface area (Å²) < 4.78 is 11.1. The van der Waals surface area contributed by atoms with Gasteiger partial charge in [0.25, 0.3) is 6.01 Å². The molecule has 89 valence electrons. The number of anilines is 1. The largest absolute Gasteiger partial charge is 0.423 e. The molecule has 1 saturated heterocycles. The summed E-state index contributed by atoms with van der Waals surface area (Å²) in [6, 6.07) is 9.31. The highest BCUT2D eigenvalue weighted by molar-refractivity contribution is 5.74. The van der Waals surface area contributed by atoms with E-state index in [-0.39, 0.29) is 0 Å². The van der Waals surface area contributed by atoms with Crippen LogP contribution in [0, 0.1) is 6.07 Å². The Labute approximate surface area is 100 Å². The van der Waals surface area contributed by atoms with Crippen molar-refractivity contribution in [3.8, 4) is 0 Å². The van der Waals surface area contributed by atoms with Crippen molar-refractivity contribution in [2.24, 2.45) is 0 Å². The first-order valence-electron chi connectivity index (χ1n) is 5.91. The molecule has 4 nitrogen and oxygen atoms in total. The highest BCUT2D eigenvalue weighted by Crippen LogP contribution is 2.24. The fraction of sp³-hybridized carbons (Fsp3) is 0.462. The van der Waals surface area contributed by atoms with E-state index in [1.165, 1.54) is 0 Å². The molecular weight excluding hydrogens is 216 g/mol. The maximum atomic E-state index is 5.73. The summed E-state index contributed by atoms with van der Waals surface area (Å²) in [5, 5.41) is 0. The van der Waals surface area contributed by atoms with Crippen LogP contribution in [0.15, 0.2) is 22.6 Å². The molecule has 1 aromatic heterocycles. The van der Waals surface area contributed by atoms with Gasteiger partial charge >= 0.3 is 0 Å². The van der Waals surface area contributed by atoms with Crippen LogP contribution in [0.1, 0.15) is 12.8 Å². The average molecular weight is 231 g/mol. The van der Waals surface area contributed by atoms with Gasteiger partial charge in [-0.15, -0.1) is 0 Å². The number of oxazole rings is 1. The Morgan fingerprint density at radius 2 is 2.29 bits per heavy atom. The molecular formula is C13H15N2O2. The van der Waals surface area contributed by atoms with E-state index in [9.17, 15) is 0 Å². The fourth-order valence-corrected chi connectivity index (χ4v) is 2.22. The number of methoxy groups -OCH3 is 1. The van der Waals surface area contributed by atoms with Crippen LogP contribution < -0.4 is 4.90 Å². The van der Waals surface area contributed by atoms with Crippen molar-refractivity contribution >= 4 is 17.1 Å². The third-order valence-electron chi connectivity index (χ3n) is 3.27. The number of ether oxygens (including phenoxy) is 1. The van der Waals surface area contributed by atoms with Gasteiger partial charge in [0.2, 0.25) is 0 Å². The van der Waals surface area contributed by atoms with E-state index < -0.39 is 0 Å². The zero-order valence-corrected chi connectivity index (χ0v) is 9.85. The van der Waals surface area contributed by atoms with Gasteiger partial charge in [0.05, 0.1) is 6.10 Å². The predicted molar refractivity (Wildman–Crippen MR) is 65.1 cm³/mol. The molecule has 0 spiro atoms. The molecule has 1 aromatic carbocycles. The molecule has 0 amide bonds. The van der Waals surface area contributed by atoms with Gasteiger partial charge in [0.1, 0.15) is 5.52 Å². The Kier molecular flexibility index (Phi) is 2.73. The predicted octanol–water partition coefficient (Wildman–Crippen LogP) is 2.24. The summed E-state index contributed by atoms with van der Waals surface area (Å²) in [5.74, 6) is 0. The Hall–Kier alpha value is -1.55. The fourth-order valence-electron chi connectivity index (χ4n) is 2.22. The van der Waals surface area contributed by atoms with E-state index in [1.54, 1.807) is 7.11 Å². The lowest BCUT2D eigenvalue weighted by atomic mass is 10.1. The summed E-state index contributed by atoms with van der Waals surface area (Å²) in [7, 11) is 1.77. The maximum Gasteiger partial charge on any atom is 0.298 e. The number of hydrogen-bond acceptors (Lipinski definition) is 4. The van der Waals surface area contributed by atoms with Gasteiger partial charge in [-0.1, -0.05) is 6.07 Å². The molecule has 3 rings (SSSR count). The molecule has 17 heavy (non-hydrogen) atoms. The van der Waals surface area contributed by atoms with Gasteiger partial charge in [0.15, 0.2) is 5.58 Å². The molecule has 4 heteroatoms. The number of nitrogens with zero attached hydrogens (tertiary/aromatic N) is 2. The molecule has 0 atom stereocenters. The van der Waals surface area contributed by atoms with Crippen molar-refractivity contribution in [1.82, 2.24) is 4.98 Å². The minimum atomic E-state index is 0.379. The Balaban J connectivity index is 1.80. The van der Waals surface area contributed by atoms with Gasteiger partial charge in [-0.25, -0.2) is 0 Å². The lowest BCUT2D eigenvalue weighted by Crippen LogP contribution is -2.36. The molecule has 1 aliphatic heterocycles. The van der Waals surface area contributed by atoms with Crippen LogP contribution in [0.5, 0.6) is 0 Å². The molecule has 0 N–H and O–H groups in total. The number of hydrogen-bond donors (Lipinski definition) is 0. The van der Waals surface area contributed by atoms with Crippen LogP contribution in [0.2, 0.25) is 0 Å². The number of benzene rings is 1. The van der Waals surface area contributed by atoms with E-state index in [1.807, 2.05) is 18.2 Å². The first kappa shape index (κ1) is 10.6. The number of fused-ring (bicyclic) bond motifs is 1. The second-order valence-corrected chi connectivity index (χ2v) is 4.31. The Bertz CT molecular complexity index is 468.